The van der Waals surface area contributed by atoms with Gasteiger partial charge in [-0.05, 0) is 12.5 Å². The van der Waals surface area contributed by atoms with Gasteiger partial charge in [-0.2, -0.15) is 0 Å². The Morgan fingerprint density at radius 1 is 1.25 bits per heavy atom. The molecule has 0 radical (unpaired) electrons. The lowest BCUT2D eigenvalue weighted by atomic mass is 10.2. The minimum atomic E-state index is -0.233. The van der Waals surface area contributed by atoms with Gasteiger partial charge in [0.1, 0.15) is 0 Å². The third-order valence-electron chi connectivity index (χ3n) is 2.78. The first-order chi connectivity index (χ1) is 9.78. The first-order valence-corrected chi connectivity index (χ1v) is 6.59. The highest BCUT2D eigenvalue weighted by atomic mass is 16.5. The molecule has 1 aromatic carbocycles. The second-order valence-electron chi connectivity index (χ2n) is 4.41. The summed E-state index contributed by atoms with van der Waals surface area (Å²) in [5.41, 5.74) is 1.14. The highest BCUT2D eigenvalue weighted by Gasteiger charge is 2.14. The molecule has 0 spiro atoms. The average molecular weight is 274 g/mol. The van der Waals surface area contributed by atoms with Crippen LogP contribution in [-0.4, -0.2) is 29.2 Å². The standard InChI is InChI=1S/C15H18N2O3/c1-2-19-15(18)12-17(11-14-8-9-16-20-14)10-13-6-4-3-5-7-13/h3-9H,2,10-12H2,1H3. The maximum Gasteiger partial charge on any atom is 0.320 e. The van der Waals surface area contributed by atoms with Crippen molar-refractivity contribution in [2.24, 2.45) is 0 Å². The minimum Gasteiger partial charge on any atom is -0.465 e. The molecule has 0 atom stereocenters. The molecule has 1 heterocycles. The summed E-state index contributed by atoms with van der Waals surface area (Å²) in [6.45, 7) is 3.59. The van der Waals surface area contributed by atoms with Gasteiger partial charge in [-0.1, -0.05) is 35.5 Å². The molecule has 5 nitrogen and oxygen atoms in total. The molecule has 2 rings (SSSR count). The smallest absolute Gasteiger partial charge is 0.320 e. The number of esters is 1. The van der Waals surface area contributed by atoms with E-state index in [0.29, 0.717) is 19.7 Å². The number of nitrogens with zero attached hydrogens (tertiary/aromatic N) is 2. The van der Waals surface area contributed by atoms with E-state index in [1.54, 1.807) is 19.2 Å². The molecule has 0 amide bonds. The van der Waals surface area contributed by atoms with Crippen molar-refractivity contribution >= 4 is 5.97 Å². The summed E-state index contributed by atoms with van der Waals surface area (Å²) in [7, 11) is 0. The highest BCUT2D eigenvalue weighted by Crippen LogP contribution is 2.09. The van der Waals surface area contributed by atoms with Crippen molar-refractivity contribution in [3.05, 3.63) is 53.9 Å². The SMILES string of the molecule is CCOC(=O)CN(Cc1ccccc1)Cc1ccno1. The van der Waals surface area contributed by atoms with E-state index in [1.807, 2.05) is 35.2 Å². The van der Waals surface area contributed by atoms with Crippen molar-refractivity contribution in [1.29, 1.82) is 0 Å². The maximum absolute atomic E-state index is 11.7. The van der Waals surface area contributed by atoms with E-state index in [4.69, 9.17) is 9.26 Å². The molecule has 0 saturated heterocycles. The fraction of sp³-hybridized carbons (Fsp3) is 0.333. The average Bonchev–Trinajstić information content (AvgIpc) is 2.93. The number of benzene rings is 1. The Bertz CT molecular complexity index is 511. The quantitative estimate of drug-likeness (QED) is 0.725. The van der Waals surface area contributed by atoms with Crippen LogP contribution >= 0.6 is 0 Å². The number of aromatic nitrogens is 1. The zero-order valence-corrected chi connectivity index (χ0v) is 11.5. The molecule has 0 aliphatic carbocycles. The molecule has 0 saturated carbocycles. The Kier molecular flexibility index (Phi) is 5.32. The zero-order chi connectivity index (χ0) is 14.2. The summed E-state index contributed by atoms with van der Waals surface area (Å²) in [5.74, 6) is 0.494. The molecule has 0 aliphatic rings. The Morgan fingerprint density at radius 2 is 2.05 bits per heavy atom. The molecule has 0 bridgehead atoms. The molecule has 0 aliphatic heterocycles. The van der Waals surface area contributed by atoms with E-state index in [-0.39, 0.29) is 12.5 Å². The number of hydrogen-bond donors (Lipinski definition) is 0. The van der Waals surface area contributed by atoms with Gasteiger partial charge >= 0.3 is 5.97 Å². The monoisotopic (exact) mass is 274 g/mol. The van der Waals surface area contributed by atoms with Gasteiger partial charge in [0.15, 0.2) is 5.76 Å². The van der Waals surface area contributed by atoms with Crippen LogP contribution in [0.5, 0.6) is 0 Å². The predicted octanol–water partition coefficient (Wildman–Crippen LogP) is 2.24. The first kappa shape index (κ1) is 14.3. The molecule has 1 aromatic heterocycles. The summed E-state index contributed by atoms with van der Waals surface area (Å²) < 4.78 is 10.1. The van der Waals surface area contributed by atoms with Crippen LogP contribution in [-0.2, 0) is 22.6 Å². The van der Waals surface area contributed by atoms with E-state index in [9.17, 15) is 4.79 Å². The van der Waals surface area contributed by atoms with Crippen molar-refractivity contribution in [3.63, 3.8) is 0 Å². The minimum absolute atomic E-state index is 0.226. The van der Waals surface area contributed by atoms with E-state index in [0.717, 1.165) is 11.3 Å². The van der Waals surface area contributed by atoms with Gasteiger partial charge in [-0.15, -0.1) is 0 Å². The van der Waals surface area contributed by atoms with Gasteiger partial charge in [0.2, 0.25) is 0 Å². The predicted molar refractivity (Wildman–Crippen MR) is 73.7 cm³/mol. The summed E-state index contributed by atoms with van der Waals surface area (Å²) in [5, 5.41) is 3.68. The van der Waals surface area contributed by atoms with Crippen LogP contribution in [0, 0.1) is 0 Å². The van der Waals surface area contributed by atoms with Crippen LogP contribution < -0.4 is 0 Å². The van der Waals surface area contributed by atoms with Crippen LogP contribution in [0.4, 0.5) is 0 Å². The Hall–Kier alpha value is -2.14. The highest BCUT2D eigenvalue weighted by molar-refractivity contribution is 5.71. The molecular weight excluding hydrogens is 256 g/mol. The Labute approximate surface area is 118 Å². The van der Waals surface area contributed by atoms with Gasteiger partial charge in [0.05, 0.1) is 25.9 Å². The van der Waals surface area contributed by atoms with Gasteiger partial charge in [0.25, 0.3) is 0 Å². The van der Waals surface area contributed by atoms with Crippen molar-refractivity contribution in [2.45, 2.75) is 20.0 Å². The summed E-state index contributed by atoms with van der Waals surface area (Å²) >= 11 is 0. The lowest BCUT2D eigenvalue weighted by molar-refractivity contribution is -0.144. The summed E-state index contributed by atoms with van der Waals surface area (Å²) in [6, 6.07) is 11.8. The number of ether oxygens (including phenoxy) is 1. The molecule has 106 valence electrons. The molecule has 20 heavy (non-hydrogen) atoms. The molecule has 0 fully saturated rings. The van der Waals surface area contributed by atoms with Gasteiger partial charge < -0.3 is 9.26 Å². The Morgan fingerprint density at radius 3 is 2.70 bits per heavy atom. The molecule has 0 unspecified atom stereocenters. The lowest BCUT2D eigenvalue weighted by Crippen LogP contribution is -2.30. The van der Waals surface area contributed by atoms with Crippen LogP contribution in [0.3, 0.4) is 0 Å². The molecule has 0 N–H and O–H groups in total. The first-order valence-electron chi connectivity index (χ1n) is 6.59. The van der Waals surface area contributed by atoms with Gasteiger partial charge in [-0.25, -0.2) is 0 Å². The van der Waals surface area contributed by atoms with Crippen molar-refractivity contribution in [3.8, 4) is 0 Å². The second kappa shape index (κ2) is 7.45. The largest absolute Gasteiger partial charge is 0.465 e. The van der Waals surface area contributed by atoms with Crippen molar-refractivity contribution in [2.75, 3.05) is 13.2 Å². The Balaban J connectivity index is 2.01. The van der Waals surface area contributed by atoms with Crippen molar-refractivity contribution in [1.82, 2.24) is 10.1 Å². The zero-order valence-electron chi connectivity index (χ0n) is 11.5. The van der Waals surface area contributed by atoms with E-state index >= 15 is 0 Å². The van der Waals surface area contributed by atoms with Gasteiger partial charge in [0, 0.05) is 12.6 Å². The number of carbonyl (C=O) groups excluding carboxylic acids is 1. The van der Waals surface area contributed by atoms with Crippen LogP contribution in [0.25, 0.3) is 0 Å². The second-order valence-corrected chi connectivity index (χ2v) is 4.41. The number of carbonyl (C=O) groups is 1. The lowest BCUT2D eigenvalue weighted by Gasteiger charge is -2.19. The third-order valence-corrected chi connectivity index (χ3v) is 2.78. The van der Waals surface area contributed by atoms with Gasteiger partial charge in [-0.3, -0.25) is 9.69 Å². The number of hydrogen-bond acceptors (Lipinski definition) is 5. The molecular formula is C15H18N2O3. The normalized spacial score (nSPS) is 10.7. The van der Waals surface area contributed by atoms with Crippen LogP contribution in [0.15, 0.2) is 47.1 Å². The number of rotatable bonds is 7. The third kappa shape index (κ3) is 4.51. The van der Waals surface area contributed by atoms with E-state index < -0.39 is 0 Å². The fourth-order valence-corrected chi connectivity index (χ4v) is 1.94. The molecule has 2 aromatic rings. The summed E-state index contributed by atoms with van der Waals surface area (Å²) in [4.78, 5) is 13.6. The van der Waals surface area contributed by atoms with Crippen LogP contribution in [0.2, 0.25) is 0 Å². The van der Waals surface area contributed by atoms with E-state index in [1.165, 1.54) is 0 Å². The van der Waals surface area contributed by atoms with E-state index in [2.05, 4.69) is 5.16 Å². The van der Waals surface area contributed by atoms with Crippen molar-refractivity contribution < 1.29 is 14.1 Å². The summed E-state index contributed by atoms with van der Waals surface area (Å²) in [6.07, 6.45) is 1.60. The fourth-order valence-electron chi connectivity index (χ4n) is 1.94. The van der Waals surface area contributed by atoms with Crippen LogP contribution in [0.1, 0.15) is 18.2 Å². The topological polar surface area (TPSA) is 55.6 Å². The maximum atomic E-state index is 11.7. The molecule has 5 heteroatoms.